The van der Waals surface area contributed by atoms with Crippen LogP contribution in [0, 0.1) is 0 Å². The molecule has 0 saturated carbocycles. The molecule has 1 saturated heterocycles. The number of benzene rings is 3. The molecular formula is C29H27BrN2O6S. The maximum atomic E-state index is 13.0. The molecule has 1 heterocycles. The molecule has 0 aliphatic carbocycles. The van der Waals surface area contributed by atoms with Crippen molar-refractivity contribution in [2.45, 2.75) is 20.5 Å². The van der Waals surface area contributed by atoms with E-state index in [1.165, 1.54) is 0 Å². The van der Waals surface area contributed by atoms with E-state index in [1.54, 1.807) is 42.5 Å². The Morgan fingerprint density at radius 1 is 0.949 bits per heavy atom. The average Bonchev–Trinajstić information content (AvgIpc) is 3.18. The van der Waals surface area contributed by atoms with E-state index >= 15 is 0 Å². The molecule has 10 heteroatoms. The minimum Gasteiger partial charge on any atom is -0.494 e. The predicted molar refractivity (Wildman–Crippen MR) is 155 cm³/mol. The van der Waals surface area contributed by atoms with Crippen molar-refractivity contribution in [3.05, 3.63) is 87.2 Å². The summed E-state index contributed by atoms with van der Waals surface area (Å²) in [6.07, 6.45) is 1.60. The van der Waals surface area contributed by atoms with Gasteiger partial charge in [0.05, 0.1) is 18.1 Å². The van der Waals surface area contributed by atoms with Crippen LogP contribution in [0.3, 0.4) is 0 Å². The van der Waals surface area contributed by atoms with E-state index in [1.807, 2.05) is 44.2 Å². The van der Waals surface area contributed by atoms with Gasteiger partial charge < -0.3 is 19.5 Å². The van der Waals surface area contributed by atoms with Crippen LogP contribution in [0.15, 0.2) is 76.1 Å². The van der Waals surface area contributed by atoms with Gasteiger partial charge in [-0.25, -0.2) is 0 Å². The third kappa shape index (κ3) is 7.42. The second-order valence-electron chi connectivity index (χ2n) is 8.30. The van der Waals surface area contributed by atoms with Crippen LogP contribution in [0.5, 0.6) is 17.2 Å². The fourth-order valence-corrected chi connectivity index (χ4v) is 4.97. The van der Waals surface area contributed by atoms with Gasteiger partial charge in [-0.2, -0.15) is 0 Å². The molecule has 3 aromatic rings. The summed E-state index contributed by atoms with van der Waals surface area (Å²) in [5, 5.41) is 2.18. The Kier molecular flexibility index (Phi) is 9.67. The Morgan fingerprint density at radius 2 is 1.64 bits per heavy atom. The standard InChI is InChI=1S/C29H27BrN2O6S/c1-3-36-22-12-10-21(11-13-22)31-27(33)17-32-28(34)26(39-29(32)35)15-20-14-24(37-4-2)25(16-23(20)30)38-18-19-8-6-5-7-9-19/h5-16H,3-4,17-18H2,1-2H3,(H,31,33)/b26-15+. The van der Waals surface area contributed by atoms with Crippen molar-refractivity contribution in [3.8, 4) is 17.2 Å². The molecule has 0 bridgehead atoms. The van der Waals surface area contributed by atoms with Gasteiger partial charge in [0.25, 0.3) is 11.1 Å². The number of hydrogen-bond acceptors (Lipinski definition) is 7. The SMILES string of the molecule is CCOc1ccc(NC(=O)CN2C(=O)S/C(=C/c3cc(OCC)c(OCc4ccccc4)cc3Br)C2=O)cc1. The highest BCUT2D eigenvalue weighted by molar-refractivity contribution is 9.10. The number of imide groups is 1. The van der Waals surface area contributed by atoms with Gasteiger partial charge in [-0.1, -0.05) is 46.3 Å². The van der Waals surface area contributed by atoms with Gasteiger partial charge in [0.1, 0.15) is 18.9 Å². The topological polar surface area (TPSA) is 94.2 Å². The van der Waals surface area contributed by atoms with Gasteiger partial charge in [-0.15, -0.1) is 0 Å². The molecule has 3 amide bonds. The molecule has 0 atom stereocenters. The fourth-order valence-electron chi connectivity index (χ4n) is 3.70. The van der Waals surface area contributed by atoms with E-state index < -0.39 is 23.6 Å². The van der Waals surface area contributed by atoms with Crippen LogP contribution >= 0.6 is 27.7 Å². The van der Waals surface area contributed by atoms with E-state index in [-0.39, 0.29) is 4.91 Å². The van der Waals surface area contributed by atoms with E-state index in [9.17, 15) is 14.4 Å². The molecule has 4 rings (SSSR count). The minimum atomic E-state index is -0.541. The lowest BCUT2D eigenvalue weighted by atomic mass is 10.1. The maximum Gasteiger partial charge on any atom is 0.294 e. The largest absolute Gasteiger partial charge is 0.494 e. The van der Waals surface area contributed by atoms with Gasteiger partial charge in [0, 0.05) is 10.2 Å². The number of nitrogens with zero attached hydrogens (tertiary/aromatic N) is 1. The summed E-state index contributed by atoms with van der Waals surface area (Å²) in [6.45, 7) is 4.67. The normalized spacial score (nSPS) is 14.0. The Hall–Kier alpha value is -3.76. The lowest BCUT2D eigenvalue weighted by molar-refractivity contribution is -0.127. The fraction of sp³-hybridized carbons (Fsp3) is 0.207. The maximum absolute atomic E-state index is 13.0. The van der Waals surface area contributed by atoms with Crippen molar-refractivity contribution in [3.63, 3.8) is 0 Å². The smallest absolute Gasteiger partial charge is 0.294 e. The third-order valence-electron chi connectivity index (χ3n) is 5.51. The second kappa shape index (κ2) is 13.3. The minimum absolute atomic E-state index is 0.204. The highest BCUT2D eigenvalue weighted by atomic mass is 79.9. The van der Waals surface area contributed by atoms with Gasteiger partial charge in [0.2, 0.25) is 5.91 Å². The van der Waals surface area contributed by atoms with Crippen LogP contribution in [0.25, 0.3) is 6.08 Å². The van der Waals surface area contributed by atoms with Crippen LogP contribution in [0.4, 0.5) is 10.5 Å². The van der Waals surface area contributed by atoms with Crippen LogP contribution in [-0.4, -0.2) is 41.7 Å². The molecule has 1 N–H and O–H groups in total. The molecule has 1 aliphatic rings. The number of halogens is 1. The molecule has 1 aliphatic heterocycles. The monoisotopic (exact) mass is 610 g/mol. The van der Waals surface area contributed by atoms with Crippen LogP contribution in [0.1, 0.15) is 25.0 Å². The number of hydrogen-bond donors (Lipinski definition) is 1. The van der Waals surface area contributed by atoms with Crippen LogP contribution < -0.4 is 19.5 Å². The molecule has 8 nitrogen and oxygen atoms in total. The van der Waals surface area contributed by atoms with Crippen molar-refractivity contribution in [2.24, 2.45) is 0 Å². The third-order valence-corrected chi connectivity index (χ3v) is 7.11. The zero-order chi connectivity index (χ0) is 27.8. The first-order valence-corrected chi connectivity index (χ1v) is 13.9. The number of ether oxygens (including phenoxy) is 3. The van der Waals surface area contributed by atoms with E-state index in [0.717, 1.165) is 22.2 Å². The molecule has 39 heavy (non-hydrogen) atoms. The predicted octanol–water partition coefficient (Wildman–Crippen LogP) is 6.50. The number of anilines is 1. The molecule has 3 aromatic carbocycles. The highest BCUT2D eigenvalue weighted by Gasteiger charge is 2.36. The molecule has 202 valence electrons. The molecule has 0 aromatic heterocycles. The molecular weight excluding hydrogens is 584 g/mol. The average molecular weight is 612 g/mol. The Labute approximate surface area is 239 Å². The number of amides is 3. The van der Waals surface area contributed by atoms with Gasteiger partial charge in [-0.3, -0.25) is 19.3 Å². The van der Waals surface area contributed by atoms with Crippen molar-refractivity contribution in [2.75, 3.05) is 25.1 Å². The molecule has 0 spiro atoms. The molecule has 0 unspecified atom stereocenters. The van der Waals surface area contributed by atoms with E-state index in [4.69, 9.17) is 14.2 Å². The number of thioether (sulfide) groups is 1. The summed E-state index contributed by atoms with van der Waals surface area (Å²) in [5.41, 5.74) is 2.18. The van der Waals surface area contributed by atoms with E-state index in [0.29, 0.717) is 52.8 Å². The Bertz CT molecular complexity index is 1380. The van der Waals surface area contributed by atoms with Crippen molar-refractivity contribution in [1.82, 2.24) is 4.90 Å². The number of carbonyl (C=O) groups excluding carboxylic acids is 3. The zero-order valence-electron chi connectivity index (χ0n) is 21.4. The Morgan fingerprint density at radius 3 is 2.33 bits per heavy atom. The quantitative estimate of drug-likeness (QED) is 0.248. The first-order chi connectivity index (χ1) is 18.9. The summed E-state index contributed by atoms with van der Waals surface area (Å²) in [5.74, 6) is 0.713. The van der Waals surface area contributed by atoms with Crippen molar-refractivity contribution >= 4 is 56.5 Å². The van der Waals surface area contributed by atoms with Gasteiger partial charge >= 0.3 is 0 Å². The first kappa shape index (κ1) is 28.3. The zero-order valence-corrected chi connectivity index (χ0v) is 23.8. The Balaban J connectivity index is 1.45. The van der Waals surface area contributed by atoms with Crippen molar-refractivity contribution in [1.29, 1.82) is 0 Å². The van der Waals surface area contributed by atoms with Crippen LogP contribution in [-0.2, 0) is 16.2 Å². The lowest BCUT2D eigenvalue weighted by Crippen LogP contribution is -2.36. The first-order valence-electron chi connectivity index (χ1n) is 12.3. The van der Waals surface area contributed by atoms with Crippen molar-refractivity contribution < 1.29 is 28.6 Å². The number of carbonyl (C=O) groups is 3. The summed E-state index contributed by atoms with van der Waals surface area (Å²) >= 11 is 4.32. The number of nitrogens with one attached hydrogen (secondary N) is 1. The van der Waals surface area contributed by atoms with Gasteiger partial charge in [-0.05, 0) is 79.2 Å². The second-order valence-corrected chi connectivity index (χ2v) is 10.1. The summed E-state index contributed by atoms with van der Waals surface area (Å²) in [7, 11) is 0. The highest BCUT2D eigenvalue weighted by Crippen LogP contribution is 2.38. The number of rotatable bonds is 11. The molecule has 0 radical (unpaired) electrons. The summed E-state index contributed by atoms with van der Waals surface area (Å²) in [4.78, 5) is 39.3. The van der Waals surface area contributed by atoms with E-state index in [2.05, 4.69) is 21.2 Å². The summed E-state index contributed by atoms with van der Waals surface area (Å²) < 4.78 is 17.8. The summed E-state index contributed by atoms with van der Waals surface area (Å²) in [6, 6.07) is 20.1. The molecule has 1 fully saturated rings. The van der Waals surface area contributed by atoms with Crippen LogP contribution in [0.2, 0.25) is 0 Å². The van der Waals surface area contributed by atoms with Gasteiger partial charge in [0.15, 0.2) is 11.5 Å². The lowest BCUT2D eigenvalue weighted by Gasteiger charge is -2.14.